The lowest BCUT2D eigenvalue weighted by Gasteiger charge is -2.08. The molecular formula is C16H15F2NO2. The minimum atomic E-state index is -0.729. The highest BCUT2D eigenvalue weighted by Crippen LogP contribution is 2.12. The molecule has 0 spiro atoms. The van der Waals surface area contributed by atoms with Gasteiger partial charge in [0, 0.05) is 12.1 Å². The van der Waals surface area contributed by atoms with Crippen molar-refractivity contribution in [2.75, 3.05) is 0 Å². The number of hydrogen-bond donors (Lipinski definition) is 2. The number of carbonyl (C=O) groups excluding carboxylic acids is 1. The van der Waals surface area contributed by atoms with Crippen LogP contribution in [0.2, 0.25) is 0 Å². The molecule has 0 aliphatic heterocycles. The molecule has 2 rings (SSSR count). The summed E-state index contributed by atoms with van der Waals surface area (Å²) in [5, 5.41) is 11.6. The SMILES string of the molecule is O=C(Cc1c(F)cccc1F)NCc1cccc(CO)c1. The van der Waals surface area contributed by atoms with Crippen LogP contribution in [0.1, 0.15) is 16.7 Å². The van der Waals surface area contributed by atoms with Gasteiger partial charge in [0.25, 0.3) is 0 Å². The van der Waals surface area contributed by atoms with E-state index in [9.17, 15) is 13.6 Å². The van der Waals surface area contributed by atoms with Gasteiger partial charge in [-0.25, -0.2) is 8.78 Å². The lowest BCUT2D eigenvalue weighted by Crippen LogP contribution is -2.25. The van der Waals surface area contributed by atoms with Crippen molar-refractivity contribution in [2.45, 2.75) is 19.6 Å². The second-order valence-corrected chi connectivity index (χ2v) is 4.63. The molecular weight excluding hydrogens is 276 g/mol. The smallest absolute Gasteiger partial charge is 0.224 e. The standard InChI is InChI=1S/C16H15F2NO2/c17-14-5-2-6-15(18)13(14)8-16(21)19-9-11-3-1-4-12(7-11)10-20/h1-7,20H,8-10H2,(H,19,21). The molecule has 1 amide bonds. The third-order valence-electron chi connectivity index (χ3n) is 3.06. The summed E-state index contributed by atoms with van der Waals surface area (Å²) in [5.74, 6) is -1.92. The van der Waals surface area contributed by atoms with Gasteiger partial charge >= 0.3 is 0 Å². The van der Waals surface area contributed by atoms with Gasteiger partial charge in [-0.15, -0.1) is 0 Å². The monoisotopic (exact) mass is 291 g/mol. The summed E-state index contributed by atoms with van der Waals surface area (Å²) in [4.78, 5) is 11.8. The first-order valence-electron chi connectivity index (χ1n) is 6.48. The quantitative estimate of drug-likeness (QED) is 0.888. The van der Waals surface area contributed by atoms with Gasteiger partial charge < -0.3 is 10.4 Å². The Morgan fingerprint density at radius 3 is 2.33 bits per heavy atom. The summed E-state index contributed by atoms with van der Waals surface area (Å²) in [6.45, 7) is 0.158. The second-order valence-electron chi connectivity index (χ2n) is 4.63. The largest absolute Gasteiger partial charge is 0.392 e. The lowest BCUT2D eigenvalue weighted by atomic mass is 10.1. The van der Waals surface area contributed by atoms with Gasteiger partial charge in [-0.2, -0.15) is 0 Å². The van der Waals surface area contributed by atoms with E-state index < -0.39 is 17.5 Å². The first kappa shape index (κ1) is 15.1. The molecule has 110 valence electrons. The zero-order chi connectivity index (χ0) is 15.2. The minimum absolute atomic E-state index is 0.0811. The number of hydrogen-bond acceptors (Lipinski definition) is 2. The van der Waals surface area contributed by atoms with Gasteiger partial charge in [-0.3, -0.25) is 4.79 Å². The Kier molecular flexibility index (Phi) is 5.00. The number of nitrogens with one attached hydrogen (secondary N) is 1. The number of halogens is 2. The van der Waals surface area contributed by atoms with Crippen LogP contribution in [0.3, 0.4) is 0 Å². The minimum Gasteiger partial charge on any atom is -0.392 e. The van der Waals surface area contributed by atoms with E-state index in [4.69, 9.17) is 5.11 Å². The molecule has 0 bridgehead atoms. The molecule has 0 atom stereocenters. The van der Waals surface area contributed by atoms with E-state index in [1.54, 1.807) is 24.3 Å². The molecule has 0 aromatic heterocycles. The fraction of sp³-hybridized carbons (Fsp3) is 0.188. The van der Waals surface area contributed by atoms with E-state index in [0.717, 1.165) is 23.3 Å². The van der Waals surface area contributed by atoms with Crippen molar-refractivity contribution in [3.63, 3.8) is 0 Å². The maximum atomic E-state index is 13.4. The van der Waals surface area contributed by atoms with Gasteiger partial charge in [0.05, 0.1) is 13.0 Å². The molecule has 3 nitrogen and oxygen atoms in total. The van der Waals surface area contributed by atoms with Crippen molar-refractivity contribution in [3.8, 4) is 0 Å². The Bertz CT molecular complexity index is 624. The summed E-state index contributed by atoms with van der Waals surface area (Å²) < 4.78 is 26.8. The van der Waals surface area contributed by atoms with E-state index in [1.807, 2.05) is 0 Å². The van der Waals surface area contributed by atoms with Crippen LogP contribution in [-0.2, 0) is 24.4 Å². The lowest BCUT2D eigenvalue weighted by molar-refractivity contribution is -0.120. The van der Waals surface area contributed by atoms with E-state index in [1.165, 1.54) is 6.07 Å². The van der Waals surface area contributed by atoms with Crippen LogP contribution in [-0.4, -0.2) is 11.0 Å². The van der Waals surface area contributed by atoms with E-state index in [0.29, 0.717) is 0 Å². The van der Waals surface area contributed by atoms with Crippen molar-refractivity contribution in [1.29, 1.82) is 0 Å². The van der Waals surface area contributed by atoms with Gasteiger partial charge in [-0.1, -0.05) is 30.3 Å². The highest BCUT2D eigenvalue weighted by atomic mass is 19.1. The van der Waals surface area contributed by atoms with Crippen LogP contribution < -0.4 is 5.32 Å². The fourth-order valence-corrected chi connectivity index (χ4v) is 1.96. The Morgan fingerprint density at radius 2 is 1.67 bits per heavy atom. The van der Waals surface area contributed by atoms with Gasteiger partial charge in [0.1, 0.15) is 11.6 Å². The third-order valence-corrected chi connectivity index (χ3v) is 3.06. The molecule has 5 heteroatoms. The molecule has 0 heterocycles. The molecule has 0 aliphatic rings. The maximum absolute atomic E-state index is 13.4. The van der Waals surface area contributed by atoms with Crippen molar-refractivity contribution in [2.24, 2.45) is 0 Å². The van der Waals surface area contributed by atoms with Crippen molar-refractivity contribution in [3.05, 3.63) is 70.8 Å². The van der Waals surface area contributed by atoms with Crippen LogP contribution in [0.25, 0.3) is 0 Å². The van der Waals surface area contributed by atoms with E-state index in [2.05, 4.69) is 5.32 Å². The second kappa shape index (κ2) is 6.95. The predicted molar refractivity (Wildman–Crippen MR) is 74.3 cm³/mol. The summed E-state index contributed by atoms with van der Waals surface area (Å²) in [7, 11) is 0. The average Bonchev–Trinajstić information content (AvgIpc) is 2.49. The number of amides is 1. The molecule has 0 radical (unpaired) electrons. The van der Waals surface area contributed by atoms with Crippen LogP contribution in [0, 0.1) is 11.6 Å². The molecule has 0 fully saturated rings. The highest BCUT2D eigenvalue weighted by Gasteiger charge is 2.12. The van der Waals surface area contributed by atoms with E-state index in [-0.39, 0.29) is 25.1 Å². The number of aliphatic hydroxyl groups excluding tert-OH is 1. The normalized spacial score (nSPS) is 10.4. The van der Waals surface area contributed by atoms with Crippen LogP contribution in [0.15, 0.2) is 42.5 Å². The van der Waals surface area contributed by atoms with Crippen LogP contribution >= 0.6 is 0 Å². The average molecular weight is 291 g/mol. The number of benzene rings is 2. The predicted octanol–water partition coefficient (Wildman–Crippen LogP) is 2.32. The molecule has 0 unspecified atom stereocenters. The van der Waals surface area contributed by atoms with E-state index >= 15 is 0 Å². The third kappa shape index (κ3) is 4.10. The summed E-state index contributed by atoms with van der Waals surface area (Å²) >= 11 is 0. The summed E-state index contributed by atoms with van der Waals surface area (Å²) in [6, 6.07) is 10.6. The van der Waals surface area contributed by atoms with Crippen molar-refractivity contribution >= 4 is 5.91 Å². The molecule has 2 aromatic rings. The number of rotatable bonds is 5. The Balaban J connectivity index is 1.96. The molecule has 0 aliphatic carbocycles. The molecule has 2 aromatic carbocycles. The zero-order valence-corrected chi connectivity index (χ0v) is 11.3. The van der Waals surface area contributed by atoms with Gasteiger partial charge in [-0.05, 0) is 23.3 Å². The first-order valence-corrected chi connectivity index (χ1v) is 6.48. The number of aliphatic hydroxyl groups is 1. The summed E-state index contributed by atoms with van der Waals surface area (Å²) in [5.41, 5.74) is 1.31. The van der Waals surface area contributed by atoms with Crippen molar-refractivity contribution in [1.82, 2.24) is 5.32 Å². The Labute approximate surface area is 121 Å². The highest BCUT2D eigenvalue weighted by molar-refractivity contribution is 5.78. The fourth-order valence-electron chi connectivity index (χ4n) is 1.96. The van der Waals surface area contributed by atoms with Gasteiger partial charge in [0.2, 0.25) is 5.91 Å². The molecule has 0 saturated heterocycles. The summed E-state index contributed by atoms with van der Waals surface area (Å²) in [6.07, 6.45) is -0.349. The molecule has 0 saturated carbocycles. The molecule has 2 N–H and O–H groups in total. The number of carbonyl (C=O) groups is 1. The zero-order valence-electron chi connectivity index (χ0n) is 11.3. The van der Waals surface area contributed by atoms with Gasteiger partial charge in [0.15, 0.2) is 0 Å². The maximum Gasteiger partial charge on any atom is 0.224 e. The van der Waals surface area contributed by atoms with Crippen LogP contribution in [0.5, 0.6) is 0 Å². The Morgan fingerprint density at radius 1 is 1.05 bits per heavy atom. The van der Waals surface area contributed by atoms with Crippen molar-refractivity contribution < 1.29 is 18.7 Å². The first-order chi connectivity index (χ1) is 10.1. The van der Waals surface area contributed by atoms with Crippen LogP contribution in [0.4, 0.5) is 8.78 Å². The topological polar surface area (TPSA) is 49.3 Å². The molecule has 21 heavy (non-hydrogen) atoms. The Hall–Kier alpha value is -2.27.